The summed E-state index contributed by atoms with van der Waals surface area (Å²) >= 11 is 0. The van der Waals surface area contributed by atoms with Crippen molar-refractivity contribution < 1.29 is 27.9 Å². The zero-order valence-corrected chi connectivity index (χ0v) is 12.2. The molecule has 1 rings (SSSR count). The van der Waals surface area contributed by atoms with Gasteiger partial charge in [-0.05, 0) is 20.8 Å². The summed E-state index contributed by atoms with van der Waals surface area (Å²) in [6.45, 7) is 5.63. The molecule has 122 valence electrons. The average molecular weight is 311 g/mol. The highest BCUT2D eigenvalue weighted by Gasteiger charge is 2.59. The Morgan fingerprint density at radius 3 is 2.00 bits per heavy atom. The third-order valence-corrected chi connectivity index (χ3v) is 3.82. The topological polar surface area (TPSA) is 81.7 Å². The minimum Gasteiger partial charge on any atom is -0.479 e. The monoisotopic (exact) mass is 311 g/mol. The number of carbonyl (C=O) groups excluding carboxylic acids is 1. The van der Waals surface area contributed by atoms with E-state index in [1.807, 2.05) is 0 Å². The van der Waals surface area contributed by atoms with E-state index < -0.39 is 29.1 Å². The molecule has 1 fully saturated rings. The summed E-state index contributed by atoms with van der Waals surface area (Å²) in [6.07, 6.45) is -5.09. The van der Waals surface area contributed by atoms with E-state index in [4.69, 9.17) is 5.11 Å². The number of rotatable bonds is 4. The Morgan fingerprint density at radius 2 is 1.62 bits per heavy atom. The van der Waals surface area contributed by atoms with Crippen molar-refractivity contribution in [2.75, 3.05) is 26.2 Å². The van der Waals surface area contributed by atoms with E-state index in [2.05, 4.69) is 5.32 Å². The van der Waals surface area contributed by atoms with E-state index in [-0.39, 0.29) is 0 Å². The van der Waals surface area contributed by atoms with Gasteiger partial charge in [-0.1, -0.05) is 0 Å². The third-order valence-electron chi connectivity index (χ3n) is 3.82. The van der Waals surface area contributed by atoms with Gasteiger partial charge in [0.25, 0.3) is 0 Å². The molecule has 1 atom stereocenters. The average Bonchev–Trinajstić information content (AvgIpc) is 2.37. The van der Waals surface area contributed by atoms with Gasteiger partial charge in [-0.15, -0.1) is 0 Å². The van der Waals surface area contributed by atoms with Gasteiger partial charge < -0.3 is 15.7 Å². The minimum atomic E-state index is -5.09. The molecule has 0 aromatic heterocycles. The summed E-state index contributed by atoms with van der Waals surface area (Å²) in [6, 6.07) is 0. The fourth-order valence-corrected chi connectivity index (χ4v) is 1.99. The van der Waals surface area contributed by atoms with Crippen LogP contribution in [-0.4, -0.2) is 65.3 Å². The first-order valence-corrected chi connectivity index (χ1v) is 6.51. The molecule has 1 aliphatic heterocycles. The molecule has 9 heteroatoms. The number of nitrogens with zero attached hydrogens (tertiary/aromatic N) is 1. The van der Waals surface area contributed by atoms with Crippen molar-refractivity contribution in [2.24, 2.45) is 0 Å². The largest absolute Gasteiger partial charge is 0.479 e. The van der Waals surface area contributed by atoms with Crippen LogP contribution < -0.4 is 10.6 Å². The molecule has 0 saturated carbocycles. The summed E-state index contributed by atoms with van der Waals surface area (Å²) in [5.41, 5.74) is -4.54. The number of halogens is 3. The molecule has 0 aromatic rings. The van der Waals surface area contributed by atoms with Crippen LogP contribution >= 0.6 is 0 Å². The maximum absolute atomic E-state index is 12.9. The molecule has 0 bridgehead atoms. The van der Waals surface area contributed by atoms with Crippen LogP contribution in [0.5, 0.6) is 0 Å². The number of aliphatic carboxylic acids is 1. The van der Waals surface area contributed by atoms with Crippen molar-refractivity contribution in [3.63, 3.8) is 0 Å². The molecule has 1 saturated heterocycles. The molecule has 0 radical (unpaired) electrons. The number of alkyl halides is 3. The number of hydrogen-bond donors (Lipinski definition) is 3. The molecule has 1 heterocycles. The minimum absolute atomic E-state index is 0.446. The number of piperazine rings is 1. The Labute approximate surface area is 120 Å². The van der Waals surface area contributed by atoms with Gasteiger partial charge in [-0.2, -0.15) is 13.2 Å². The highest BCUT2D eigenvalue weighted by atomic mass is 19.4. The quantitative estimate of drug-likeness (QED) is 0.691. The van der Waals surface area contributed by atoms with Crippen molar-refractivity contribution in [1.29, 1.82) is 0 Å². The third kappa shape index (κ3) is 3.46. The number of hydrogen-bond acceptors (Lipinski definition) is 4. The maximum Gasteiger partial charge on any atom is 0.422 e. The molecule has 0 aromatic carbocycles. The number of carboxylic acids is 1. The normalized spacial score (nSPS) is 20.7. The van der Waals surface area contributed by atoms with Gasteiger partial charge in [0.05, 0.1) is 5.54 Å². The predicted octanol–water partition coefficient (Wildman–Crippen LogP) is 0.192. The second kappa shape index (κ2) is 5.80. The molecular formula is C12H20F3N3O3. The van der Waals surface area contributed by atoms with Gasteiger partial charge in [0.2, 0.25) is 11.4 Å². The number of amides is 1. The summed E-state index contributed by atoms with van der Waals surface area (Å²) in [7, 11) is 0. The molecule has 1 amide bonds. The molecular weight excluding hydrogens is 291 g/mol. The van der Waals surface area contributed by atoms with Crippen LogP contribution in [0.15, 0.2) is 0 Å². The highest BCUT2D eigenvalue weighted by molar-refractivity contribution is 5.92. The summed E-state index contributed by atoms with van der Waals surface area (Å²) in [4.78, 5) is 24.9. The van der Waals surface area contributed by atoms with Crippen LogP contribution in [0.4, 0.5) is 13.2 Å². The molecule has 0 spiro atoms. The van der Waals surface area contributed by atoms with E-state index in [9.17, 15) is 22.8 Å². The summed E-state index contributed by atoms with van der Waals surface area (Å²) in [5.74, 6) is -3.11. The van der Waals surface area contributed by atoms with Crippen molar-refractivity contribution in [2.45, 2.75) is 38.0 Å². The molecule has 0 aliphatic carbocycles. The van der Waals surface area contributed by atoms with Gasteiger partial charge in [-0.3, -0.25) is 9.69 Å². The van der Waals surface area contributed by atoms with E-state index in [0.717, 1.165) is 0 Å². The lowest BCUT2D eigenvalue weighted by molar-refractivity contribution is -0.208. The van der Waals surface area contributed by atoms with Crippen LogP contribution in [0.25, 0.3) is 0 Å². The number of nitrogens with one attached hydrogen (secondary N) is 2. The molecule has 1 unspecified atom stereocenters. The van der Waals surface area contributed by atoms with Crippen LogP contribution in [0, 0.1) is 0 Å². The Morgan fingerprint density at radius 1 is 1.14 bits per heavy atom. The number of carbonyl (C=O) groups is 2. The fraction of sp³-hybridized carbons (Fsp3) is 0.833. The van der Waals surface area contributed by atoms with Gasteiger partial charge in [-0.25, -0.2) is 4.79 Å². The van der Waals surface area contributed by atoms with E-state index in [0.29, 0.717) is 33.1 Å². The molecule has 6 nitrogen and oxygen atoms in total. The van der Waals surface area contributed by atoms with E-state index in [1.54, 1.807) is 10.2 Å². The van der Waals surface area contributed by atoms with E-state index in [1.165, 1.54) is 13.8 Å². The Bertz CT molecular complexity index is 420. The van der Waals surface area contributed by atoms with Crippen molar-refractivity contribution in [3.8, 4) is 0 Å². The first-order valence-electron chi connectivity index (χ1n) is 6.51. The second-order valence-electron chi connectivity index (χ2n) is 5.68. The maximum atomic E-state index is 12.9. The lowest BCUT2D eigenvalue weighted by Crippen LogP contribution is -2.68. The second-order valence-corrected chi connectivity index (χ2v) is 5.68. The van der Waals surface area contributed by atoms with Crippen LogP contribution in [0.3, 0.4) is 0 Å². The number of carboxylic acid groups (broad SMARTS) is 1. The lowest BCUT2D eigenvalue weighted by atomic mass is 9.95. The zero-order valence-electron chi connectivity index (χ0n) is 12.2. The molecule has 3 N–H and O–H groups in total. The zero-order chi connectivity index (χ0) is 16.5. The van der Waals surface area contributed by atoms with Crippen molar-refractivity contribution in [1.82, 2.24) is 15.5 Å². The Hall–Kier alpha value is -1.35. The van der Waals surface area contributed by atoms with Gasteiger partial charge in [0.1, 0.15) is 0 Å². The molecule has 1 aliphatic rings. The predicted molar refractivity (Wildman–Crippen MR) is 68.8 cm³/mol. The SMILES string of the molecule is CC(C)(C(=O)NC(C)(C(=O)O)C(F)(F)F)N1CCNCC1. The Kier molecular flexibility index (Phi) is 4.89. The summed E-state index contributed by atoms with van der Waals surface area (Å²) in [5, 5.41) is 13.5. The van der Waals surface area contributed by atoms with Gasteiger partial charge in [0, 0.05) is 26.2 Å². The standard InChI is InChI=1S/C12H20F3N3O3/c1-10(2,18-6-4-16-5-7-18)8(19)17-11(3,9(20)21)12(13,14)15/h16H,4-7H2,1-3H3,(H,17,19)(H,20,21). The first kappa shape index (κ1) is 17.7. The van der Waals surface area contributed by atoms with Crippen LogP contribution in [-0.2, 0) is 9.59 Å². The Balaban J connectivity index is 2.93. The van der Waals surface area contributed by atoms with E-state index >= 15 is 0 Å². The van der Waals surface area contributed by atoms with Crippen LogP contribution in [0.2, 0.25) is 0 Å². The van der Waals surface area contributed by atoms with Gasteiger partial charge in [0.15, 0.2) is 0 Å². The molecule has 21 heavy (non-hydrogen) atoms. The van der Waals surface area contributed by atoms with Crippen LogP contribution in [0.1, 0.15) is 20.8 Å². The lowest BCUT2D eigenvalue weighted by Gasteiger charge is -2.41. The van der Waals surface area contributed by atoms with Crippen molar-refractivity contribution in [3.05, 3.63) is 0 Å². The smallest absolute Gasteiger partial charge is 0.422 e. The summed E-state index contributed by atoms with van der Waals surface area (Å²) < 4.78 is 38.8. The first-order chi connectivity index (χ1) is 9.43. The van der Waals surface area contributed by atoms with Crippen molar-refractivity contribution >= 4 is 11.9 Å². The highest BCUT2D eigenvalue weighted by Crippen LogP contribution is 2.31. The van der Waals surface area contributed by atoms with Gasteiger partial charge >= 0.3 is 12.1 Å². The fourth-order valence-electron chi connectivity index (χ4n) is 1.99.